The Balaban J connectivity index is 2.25. The third-order valence-corrected chi connectivity index (χ3v) is 7.80. The molecule has 1 heteroatoms. The fourth-order valence-electron chi connectivity index (χ4n) is 4.69. The highest BCUT2D eigenvalue weighted by Crippen LogP contribution is 2.35. The van der Waals surface area contributed by atoms with Crippen LogP contribution in [0, 0.1) is 15.3 Å². The Hall–Kier alpha value is -1.99. The first-order chi connectivity index (χ1) is 13.5. The Morgan fingerprint density at radius 3 is 2.14 bits per heavy atom. The second-order valence-electron chi connectivity index (χ2n) is 10.9. The van der Waals surface area contributed by atoms with E-state index in [2.05, 4.69) is 103 Å². The van der Waals surface area contributed by atoms with Crippen LogP contribution in [0.25, 0.3) is 11.6 Å². The molecule has 2 aliphatic rings. The number of allylic oxidation sites excluding steroid dienone is 4. The third kappa shape index (κ3) is 3.44. The molecule has 0 bridgehead atoms. The fourth-order valence-corrected chi connectivity index (χ4v) is 6.47. The van der Waals surface area contributed by atoms with Gasteiger partial charge in [0.05, 0.1) is 0 Å². The van der Waals surface area contributed by atoms with E-state index in [1.807, 2.05) is 0 Å². The zero-order chi connectivity index (χ0) is 21.1. The number of hydrogen-bond donors (Lipinski definition) is 0. The third-order valence-electron chi connectivity index (χ3n) is 6.28. The van der Waals surface area contributed by atoms with Crippen molar-refractivity contribution >= 4 is 20.1 Å². The van der Waals surface area contributed by atoms with E-state index in [-0.39, 0.29) is 10.8 Å². The molecule has 0 saturated heterocycles. The molecule has 4 rings (SSSR count). The van der Waals surface area contributed by atoms with Gasteiger partial charge in [-0.05, 0) is 77.7 Å². The fraction of sp³-hybridized carbons (Fsp3) is 0.393. The highest BCUT2D eigenvalue weighted by Gasteiger charge is 2.23. The molecule has 0 unspecified atom stereocenters. The van der Waals surface area contributed by atoms with E-state index in [0.717, 1.165) is 6.42 Å². The number of hydrogen-bond acceptors (Lipinski definition) is 0. The SMILES string of the molecule is C[Si](C)=c1c(C(C)(C)C)cc2c(c1C1=CC=CC1)C=c1ccc(C(C)(C)C)cc1=2. The van der Waals surface area contributed by atoms with Crippen LogP contribution < -0.4 is 5.22 Å². The van der Waals surface area contributed by atoms with Crippen LogP contribution >= 0.6 is 0 Å². The van der Waals surface area contributed by atoms with E-state index in [0.29, 0.717) is 0 Å². The van der Waals surface area contributed by atoms with Gasteiger partial charge >= 0.3 is 0 Å². The minimum atomic E-state index is -0.618. The van der Waals surface area contributed by atoms with Crippen molar-refractivity contribution in [3.63, 3.8) is 0 Å². The first-order valence-electron chi connectivity index (χ1n) is 10.9. The van der Waals surface area contributed by atoms with Gasteiger partial charge in [0.15, 0.2) is 0 Å². The van der Waals surface area contributed by atoms with E-state index < -0.39 is 8.41 Å². The van der Waals surface area contributed by atoms with Gasteiger partial charge in [0.25, 0.3) is 0 Å². The monoisotopic (exact) mass is 398 g/mol. The molecule has 0 saturated carbocycles. The average molecular weight is 399 g/mol. The minimum absolute atomic E-state index is 0.137. The molecule has 0 N–H and O–H groups in total. The van der Waals surface area contributed by atoms with Crippen molar-refractivity contribution in [3.05, 3.63) is 85.2 Å². The van der Waals surface area contributed by atoms with Gasteiger partial charge in [-0.25, -0.2) is 0 Å². The summed E-state index contributed by atoms with van der Waals surface area (Å²) in [7, 11) is -0.618. The molecule has 0 aromatic heterocycles. The molecule has 0 spiro atoms. The van der Waals surface area contributed by atoms with Gasteiger partial charge < -0.3 is 0 Å². The Bertz CT molecular complexity index is 1280. The van der Waals surface area contributed by atoms with Crippen molar-refractivity contribution in [2.45, 2.75) is 71.9 Å². The van der Waals surface area contributed by atoms with Crippen LogP contribution in [0.4, 0.5) is 0 Å². The molecule has 0 fully saturated rings. The van der Waals surface area contributed by atoms with Crippen LogP contribution in [-0.4, -0.2) is 8.41 Å². The predicted octanol–water partition coefficient (Wildman–Crippen LogP) is 6.64. The largest absolute Gasteiger partial charge is 0.0801 e. The normalized spacial score (nSPS) is 15.1. The smallest absolute Gasteiger partial charge is 0.0140 e. The molecule has 2 aliphatic carbocycles. The van der Waals surface area contributed by atoms with Crippen molar-refractivity contribution in [2.24, 2.45) is 0 Å². The van der Waals surface area contributed by atoms with Gasteiger partial charge in [-0.3, -0.25) is 0 Å². The molecule has 0 nitrogen and oxygen atoms in total. The molecule has 0 amide bonds. The molecule has 0 aliphatic heterocycles. The van der Waals surface area contributed by atoms with E-state index >= 15 is 0 Å². The van der Waals surface area contributed by atoms with Gasteiger partial charge in [-0.1, -0.05) is 91.1 Å². The van der Waals surface area contributed by atoms with Crippen molar-refractivity contribution in [1.82, 2.24) is 0 Å². The van der Waals surface area contributed by atoms with Crippen LogP contribution in [0.5, 0.6) is 0 Å². The van der Waals surface area contributed by atoms with E-state index in [1.54, 1.807) is 10.4 Å². The molecule has 2 aromatic rings. The second-order valence-corrected chi connectivity index (χ2v) is 13.4. The lowest BCUT2D eigenvalue weighted by molar-refractivity contribution is 0.586. The molecular formula is C28H34Si. The van der Waals surface area contributed by atoms with E-state index in [4.69, 9.17) is 0 Å². The van der Waals surface area contributed by atoms with Gasteiger partial charge in [-0.2, -0.15) is 0 Å². The molecule has 29 heavy (non-hydrogen) atoms. The van der Waals surface area contributed by atoms with E-state index in [9.17, 15) is 0 Å². The maximum Gasteiger partial charge on any atom is 0.0140 e. The molecule has 0 radical (unpaired) electrons. The summed E-state index contributed by atoms with van der Waals surface area (Å²) in [6.07, 6.45) is 10.4. The van der Waals surface area contributed by atoms with Crippen LogP contribution in [0.2, 0.25) is 13.1 Å². The maximum absolute atomic E-state index is 2.53. The Morgan fingerprint density at radius 2 is 1.59 bits per heavy atom. The van der Waals surface area contributed by atoms with Gasteiger partial charge in [0.2, 0.25) is 0 Å². The molecule has 0 heterocycles. The zero-order valence-electron chi connectivity index (χ0n) is 19.3. The van der Waals surface area contributed by atoms with Crippen molar-refractivity contribution in [3.8, 4) is 0 Å². The summed E-state index contributed by atoms with van der Waals surface area (Å²) in [5.41, 5.74) is 7.73. The number of rotatable bonds is 1. The topological polar surface area (TPSA) is 0 Å². The Morgan fingerprint density at radius 1 is 0.862 bits per heavy atom. The van der Waals surface area contributed by atoms with Crippen LogP contribution in [0.15, 0.2) is 42.5 Å². The Kier molecular flexibility index (Phi) is 4.74. The molecule has 0 atom stereocenters. The maximum atomic E-state index is 2.53. The lowest BCUT2D eigenvalue weighted by Gasteiger charge is -2.24. The summed E-state index contributed by atoms with van der Waals surface area (Å²) in [6, 6.07) is 9.63. The second kappa shape index (κ2) is 6.77. The first-order valence-corrected chi connectivity index (χ1v) is 13.4. The molecular weight excluding hydrogens is 364 g/mol. The van der Waals surface area contributed by atoms with Crippen molar-refractivity contribution in [2.75, 3.05) is 0 Å². The van der Waals surface area contributed by atoms with Crippen molar-refractivity contribution < 1.29 is 0 Å². The molecule has 2 aromatic carbocycles. The molecule has 150 valence electrons. The van der Waals surface area contributed by atoms with Crippen molar-refractivity contribution in [1.29, 1.82) is 0 Å². The predicted molar refractivity (Wildman–Crippen MR) is 129 cm³/mol. The lowest BCUT2D eigenvalue weighted by Crippen LogP contribution is -2.16. The quantitative estimate of drug-likeness (QED) is 0.403. The minimum Gasteiger partial charge on any atom is -0.0801 e. The summed E-state index contributed by atoms with van der Waals surface area (Å²) in [4.78, 5) is 1.64. The first kappa shape index (κ1) is 20.3. The van der Waals surface area contributed by atoms with Crippen LogP contribution in [0.3, 0.4) is 0 Å². The van der Waals surface area contributed by atoms with Crippen LogP contribution in [-0.2, 0) is 10.8 Å². The summed E-state index contributed by atoms with van der Waals surface area (Å²) >= 11 is 0. The number of benzene rings is 2. The summed E-state index contributed by atoms with van der Waals surface area (Å²) in [5.74, 6) is 0. The van der Waals surface area contributed by atoms with Gasteiger partial charge in [0, 0.05) is 8.41 Å². The Labute approximate surface area is 177 Å². The number of fused-ring (bicyclic) bond motifs is 2. The van der Waals surface area contributed by atoms with E-state index in [1.165, 1.54) is 37.9 Å². The highest BCUT2D eigenvalue weighted by molar-refractivity contribution is 6.48. The van der Waals surface area contributed by atoms with Gasteiger partial charge in [0.1, 0.15) is 0 Å². The standard InChI is InChI=1S/C28H34Si/c1-27(2,3)20-14-13-19-15-23-22(21(19)16-20)17-24(28(4,5)6)26(29(7)8)25(23)18-11-9-10-12-18/h9-11,13-17H,12H2,1-8H3. The summed E-state index contributed by atoms with van der Waals surface area (Å²) in [6.45, 7) is 18.9. The average Bonchev–Trinajstić information content (AvgIpc) is 3.25. The summed E-state index contributed by atoms with van der Waals surface area (Å²) in [5, 5.41) is 4.22. The lowest BCUT2D eigenvalue weighted by atomic mass is 9.83. The summed E-state index contributed by atoms with van der Waals surface area (Å²) < 4.78 is 0. The van der Waals surface area contributed by atoms with Gasteiger partial charge in [-0.15, -0.1) is 0 Å². The van der Waals surface area contributed by atoms with Crippen LogP contribution in [0.1, 0.15) is 70.2 Å². The zero-order valence-corrected chi connectivity index (χ0v) is 20.3. The highest BCUT2D eigenvalue weighted by atomic mass is 28.2.